The van der Waals surface area contributed by atoms with Crippen LogP contribution in [-0.2, 0) is 10.5 Å². The molecule has 5 nitrogen and oxygen atoms in total. The predicted octanol–water partition coefficient (Wildman–Crippen LogP) is 2.57. The van der Waals surface area contributed by atoms with Gasteiger partial charge in [0, 0.05) is 50.6 Å². The molecule has 0 spiro atoms. The number of hydrogen-bond acceptors (Lipinski definition) is 4. The molecule has 26 heavy (non-hydrogen) atoms. The lowest BCUT2D eigenvalue weighted by Crippen LogP contribution is -2.42. The van der Waals surface area contributed by atoms with E-state index in [9.17, 15) is 9.59 Å². The lowest BCUT2D eigenvalue weighted by atomic mass is 10.1. The predicted molar refractivity (Wildman–Crippen MR) is 109 cm³/mol. The van der Waals surface area contributed by atoms with Crippen LogP contribution >= 0.6 is 11.8 Å². The van der Waals surface area contributed by atoms with Gasteiger partial charge in [0.05, 0.1) is 6.54 Å². The highest BCUT2D eigenvalue weighted by Gasteiger charge is 2.22. The van der Waals surface area contributed by atoms with Crippen LogP contribution in [0, 0.1) is 0 Å². The van der Waals surface area contributed by atoms with Crippen molar-refractivity contribution in [2.75, 3.05) is 52.1 Å². The normalized spacial score (nSPS) is 15.6. The fourth-order valence-corrected chi connectivity index (χ4v) is 3.82. The van der Waals surface area contributed by atoms with Crippen LogP contribution in [0.15, 0.2) is 24.3 Å². The molecule has 0 N–H and O–H groups in total. The van der Waals surface area contributed by atoms with Gasteiger partial charge in [0.15, 0.2) is 0 Å². The highest BCUT2D eigenvalue weighted by molar-refractivity contribution is 7.97. The molecule has 0 unspecified atom stereocenters. The molecule has 1 aromatic carbocycles. The molecule has 1 aromatic rings. The third-order valence-electron chi connectivity index (χ3n) is 4.86. The van der Waals surface area contributed by atoms with Gasteiger partial charge in [-0.15, -0.1) is 0 Å². The summed E-state index contributed by atoms with van der Waals surface area (Å²) in [6.07, 6.45) is 2.98. The van der Waals surface area contributed by atoms with Crippen molar-refractivity contribution in [3.63, 3.8) is 0 Å². The summed E-state index contributed by atoms with van der Waals surface area (Å²) >= 11 is 1.78. The van der Waals surface area contributed by atoms with Crippen LogP contribution in [0.1, 0.15) is 36.2 Å². The lowest BCUT2D eigenvalue weighted by Gasteiger charge is -2.25. The van der Waals surface area contributed by atoms with Gasteiger partial charge >= 0.3 is 0 Å². The zero-order valence-electron chi connectivity index (χ0n) is 16.2. The summed E-state index contributed by atoms with van der Waals surface area (Å²) < 4.78 is 0. The van der Waals surface area contributed by atoms with Gasteiger partial charge < -0.3 is 9.80 Å². The van der Waals surface area contributed by atoms with Crippen molar-refractivity contribution in [2.24, 2.45) is 0 Å². The van der Waals surface area contributed by atoms with E-state index in [4.69, 9.17) is 0 Å². The summed E-state index contributed by atoms with van der Waals surface area (Å²) in [6.45, 7) is 9.02. The van der Waals surface area contributed by atoms with Crippen molar-refractivity contribution in [3.05, 3.63) is 35.4 Å². The van der Waals surface area contributed by atoms with Crippen molar-refractivity contribution in [1.82, 2.24) is 14.7 Å². The van der Waals surface area contributed by atoms with Crippen molar-refractivity contribution in [3.8, 4) is 0 Å². The first-order chi connectivity index (χ1) is 12.6. The van der Waals surface area contributed by atoms with Gasteiger partial charge in [-0.05, 0) is 44.2 Å². The van der Waals surface area contributed by atoms with E-state index in [1.165, 1.54) is 5.56 Å². The van der Waals surface area contributed by atoms with Crippen molar-refractivity contribution in [1.29, 1.82) is 0 Å². The second-order valence-electron chi connectivity index (χ2n) is 6.62. The number of thioether (sulfide) groups is 1. The van der Waals surface area contributed by atoms with Gasteiger partial charge in [-0.2, -0.15) is 11.8 Å². The molecule has 6 heteroatoms. The Hall–Kier alpha value is -1.53. The molecule has 0 bridgehead atoms. The SMILES string of the molecule is CCN(CC)C(=O)CN1CCCN(C(=O)c2ccc(CSC)cc2)CC1. The van der Waals surface area contributed by atoms with E-state index < -0.39 is 0 Å². The summed E-state index contributed by atoms with van der Waals surface area (Å²) in [5.74, 6) is 1.24. The topological polar surface area (TPSA) is 43.9 Å². The molecule has 144 valence electrons. The fourth-order valence-electron chi connectivity index (χ4n) is 3.29. The molecule has 1 saturated heterocycles. The Morgan fingerprint density at radius 3 is 2.35 bits per heavy atom. The van der Waals surface area contributed by atoms with Crippen LogP contribution in [0.4, 0.5) is 0 Å². The summed E-state index contributed by atoms with van der Waals surface area (Å²) in [4.78, 5) is 31.1. The van der Waals surface area contributed by atoms with Crippen LogP contribution in [0.5, 0.6) is 0 Å². The first-order valence-electron chi connectivity index (χ1n) is 9.46. The standard InChI is InChI=1S/C20H31N3O2S/c1-4-22(5-2)19(24)15-21-11-6-12-23(14-13-21)20(25)18-9-7-17(8-10-18)16-26-3/h7-10H,4-6,11-16H2,1-3H3. The average molecular weight is 378 g/mol. The van der Waals surface area contributed by atoms with E-state index in [-0.39, 0.29) is 11.8 Å². The Bertz CT molecular complexity index is 587. The highest BCUT2D eigenvalue weighted by Crippen LogP contribution is 2.14. The maximum atomic E-state index is 12.8. The summed E-state index contributed by atoms with van der Waals surface area (Å²) in [6, 6.07) is 7.94. The smallest absolute Gasteiger partial charge is 0.253 e. The minimum Gasteiger partial charge on any atom is -0.342 e. The van der Waals surface area contributed by atoms with Crippen LogP contribution in [-0.4, -0.2) is 78.6 Å². The Kier molecular flexibility index (Phi) is 8.45. The quantitative estimate of drug-likeness (QED) is 0.733. The largest absolute Gasteiger partial charge is 0.342 e. The van der Waals surface area contributed by atoms with E-state index >= 15 is 0 Å². The minimum absolute atomic E-state index is 0.0950. The Morgan fingerprint density at radius 1 is 1.04 bits per heavy atom. The Labute approximate surface area is 161 Å². The zero-order chi connectivity index (χ0) is 18.9. The molecule has 0 aromatic heterocycles. The van der Waals surface area contributed by atoms with E-state index in [0.29, 0.717) is 13.1 Å². The van der Waals surface area contributed by atoms with Crippen LogP contribution in [0.3, 0.4) is 0 Å². The third kappa shape index (κ3) is 5.74. The first kappa shape index (κ1) is 20.8. The molecule has 0 atom stereocenters. The van der Waals surface area contributed by atoms with E-state index in [1.54, 1.807) is 11.8 Å². The molecule has 0 radical (unpaired) electrons. The minimum atomic E-state index is 0.0950. The number of rotatable bonds is 7. The van der Waals surface area contributed by atoms with Crippen LogP contribution < -0.4 is 0 Å². The summed E-state index contributed by atoms with van der Waals surface area (Å²) in [5, 5.41) is 0. The van der Waals surface area contributed by atoms with Gasteiger partial charge in [0.2, 0.25) is 5.91 Å². The average Bonchev–Trinajstić information content (AvgIpc) is 2.89. The number of carbonyl (C=O) groups excluding carboxylic acids is 2. The van der Waals surface area contributed by atoms with E-state index in [2.05, 4.69) is 11.2 Å². The van der Waals surface area contributed by atoms with Gasteiger partial charge in [0.1, 0.15) is 0 Å². The molecular formula is C20H31N3O2S. The molecule has 1 fully saturated rings. The van der Waals surface area contributed by atoms with Crippen LogP contribution in [0.25, 0.3) is 0 Å². The number of amides is 2. The molecular weight excluding hydrogens is 346 g/mol. The summed E-state index contributed by atoms with van der Waals surface area (Å²) in [7, 11) is 0. The number of benzene rings is 1. The van der Waals surface area contributed by atoms with Gasteiger partial charge in [-0.3, -0.25) is 14.5 Å². The number of hydrogen-bond donors (Lipinski definition) is 0. The number of carbonyl (C=O) groups is 2. The molecule has 2 amide bonds. The molecule has 2 rings (SSSR count). The molecule has 1 aliphatic heterocycles. The maximum absolute atomic E-state index is 12.8. The first-order valence-corrected chi connectivity index (χ1v) is 10.9. The lowest BCUT2D eigenvalue weighted by molar-refractivity contribution is -0.132. The second kappa shape index (κ2) is 10.6. The van der Waals surface area contributed by atoms with Crippen molar-refractivity contribution < 1.29 is 9.59 Å². The number of nitrogens with zero attached hydrogens (tertiary/aromatic N) is 3. The molecule has 1 aliphatic rings. The van der Waals surface area contributed by atoms with E-state index in [1.807, 2.05) is 47.9 Å². The molecule has 0 aliphatic carbocycles. The Morgan fingerprint density at radius 2 is 1.73 bits per heavy atom. The third-order valence-corrected chi connectivity index (χ3v) is 5.48. The zero-order valence-corrected chi connectivity index (χ0v) is 17.1. The number of likely N-dealkylation sites (N-methyl/N-ethyl adjacent to an activating group) is 1. The fraction of sp³-hybridized carbons (Fsp3) is 0.600. The monoisotopic (exact) mass is 377 g/mol. The van der Waals surface area contributed by atoms with Crippen LogP contribution in [0.2, 0.25) is 0 Å². The molecule has 1 heterocycles. The highest BCUT2D eigenvalue weighted by atomic mass is 32.2. The maximum Gasteiger partial charge on any atom is 0.253 e. The van der Waals surface area contributed by atoms with Gasteiger partial charge in [0.25, 0.3) is 5.91 Å². The Balaban J connectivity index is 1.91. The summed E-state index contributed by atoms with van der Waals surface area (Å²) in [5.41, 5.74) is 1.99. The van der Waals surface area contributed by atoms with E-state index in [0.717, 1.165) is 50.5 Å². The van der Waals surface area contributed by atoms with Gasteiger partial charge in [-0.25, -0.2) is 0 Å². The molecule has 0 saturated carbocycles. The second-order valence-corrected chi connectivity index (χ2v) is 7.48. The van der Waals surface area contributed by atoms with Crippen molar-refractivity contribution >= 4 is 23.6 Å². The van der Waals surface area contributed by atoms with Crippen molar-refractivity contribution in [2.45, 2.75) is 26.0 Å². The van der Waals surface area contributed by atoms with Gasteiger partial charge in [-0.1, -0.05) is 12.1 Å².